The largest absolute Gasteiger partial charge is 0.481 e. The van der Waals surface area contributed by atoms with E-state index in [0.717, 1.165) is 5.57 Å². The normalized spacial score (nSPS) is 14.3. The Balaban J connectivity index is 0. The number of carboxylic acids is 2. The van der Waals surface area contributed by atoms with Gasteiger partial charge in [-0.25, -0.2) is 18.7 Å². The van der Waals surface area contributed by atoms with Crippen molar-refractivity contribution in [3.8, 4) is 0 Å². The molecule has 2 atom stereocenters. The number of rotatable bonds is 9. The second kappa shape index (κ2) is 11.2. The van der Waals surface area contributed by atoms with Crippen LogP contribution >= 0.6 is 15.6 Å². The van der Waals surface area contributed by atoms with E-state index in [1.807, 2.05) is 0 Å². The van der Waals surface area contributed by atoms with Crippen molar-refractivity contribution in [1.29, 1.82) is 0 Å². The van der Waals surface area contributed by atoms with E-state index < -0.39 is 45.9 Å². The summed E-state index contributed by atoms with van der Waals surface area (Å²) in [5, 5.41) is 24.4. The molecule has 0 spiro atoms. The number of ketones is 1. The van der Waals surface area contributed by atoms with Crippen LogP contribution in [-0.2, 0) is 32.3 Å². The molecule has 0 aromatic heterocycles. The van der Waals surface area contributed by atoms with Crippen LogP contribution in [0.1, 0.15) is 20.3 Å². The molecule has 0 bridgehead atoms. The fourth-order valence-corrected chi connectivity index (χ4v) is 2.33. The molecule has 6 N–H and O–H groups in total. The van der Waals surface area contributed by atoms with Crippen LogP contribution in [-0.4, -0.2) is 60.4 Å². The standard InChI is InChI=1S/C5H12O7P2.C5H6O6/c1-5(2)3-4-11-14(9,10)12-13(6,7)8;6-2(4(8)9)1-3(7)5(10)11/h3H,4H2,1-2H3,(H,9,10)(H2,6,7,8);2,6H,1H2,(H,8,9)(H,10,11). The van der Waals surface area contributed by atoms with E-state index in [9.17, 15) is 23.5 Å². The first-order chi connectivity index (χ1) is 11.1. The van der Waals surface area contributed by atoms with Crippen LogP contribution < -0.4 is 0 Å². The fourth-order valence-electron chi connectivity index (χ4n) is 0.806. The summed E-state index contributed by atoms with van der Waals surface area (Å²) < 4.78 is 28.8. The Morgan fingerprint density at radius 1 is 1.08 bits per heavy atom. The van der Waals surface area contributed by atoms with Crippen molar-refractivity contribution in [2.75, 3.05) is 6.61 Å². The minimum absolute atomic E-state index is 0.254. The van der Waals surface area contributed by atoms with E-state index in [0.29, 0.717) is 0 Å². The molecule has 2 unspecified atom stereocenters. The number of Topliss-reactive ketones (excluding diaryl/α,β-unsaturated/α-hetero) is 1. The van der Waals surface area contributed by atoms with Gasteiger partial charge < -0.3 is 30.0 Å². The molecule has 25 heavy (non-hydrogen) atoms. The average Bonchev–Trinajstić information content (AvgIpc) is 2.35. The Kier molecular flexibility index (Phi) is 11.6. The predicted octanol–water partition coefficient (Wildman–Crippen LogP) is -0.345. The molecule has 0 radical (unpaired) electrons. The van der Waals surface area contributed by atoms with Gasteiger partial charge in [0.15, 0.2) is 6.10 Å². The van der Waals surface area contributed by atoms with Crippen molar-refractivity contribution < 1.29 is 62.3 Å². The molecule has 0 rings (SSSR count). The molecule has 0 saturated heterocycles. The molecular formula is C10H18O13P2. The van der Waals surface area contributed by atoms with Crippen molar-refractivity contribution in [2.45, 2.75) is 26.4 Å². The predicted molar refractivity (Wildman–Crippen MR) is 79.2 cm³/mol. The highest BCUT2D eigenvalue weighted by atomic mass is 31.3. The number of phosphoric ester groups is 1. The highest BCUT2D eigenvalue weighted by Gasteiger charge is 2.31. The number of aliphatic carboxylic acids is 2. The lowest BCUT2D eigenvalue weighted by Gasteiger charge is -2.10. The van der Waals surface area contributed by atoms with E-state index >= 15 is 0 Å². The van der Waals surface area contributed by atoms with Gasteiger partial charge in [0.2, 0.25) is 5.78 Å². The van der Waals surface area contributed by atoms with E-state index in [4.69, 9.17) is 30.0 Å². The summed E-state index contributed by atoms with van der Waals surface area (Å²) in [6.45, 7) is 3.21. The molecule has 13 nitrogen and oxygen atoms in total. The number of carboxylic acid groups (broad SMARTS) is 2. The van der Waals surface area contributed by atoms with Crippen molar-refractivity contribution in [3.63, 3.8) is 0 Å². The zero-order valence-corrected chi connectivity index (χ0v) is 14.8. The molecule has 0 aromatic rings. The van der Waals surface area contributed by atoms with Crippen LogP contribution in [0.15, 0.2) is 11.6 Å². The summed E-state index contributed by atoms with van der Waals surface area (Å²) in [6.07, 6.45) is -1.37. The molecule has 0 aliphatic rings. The molecule has 0 aliphatic carbocycles. The smallest absolute Gasteiger partial charge is 0.479 e. The Morgan fingerprint density at radius 2 is 1.56 bits per heavy atom. The van der Waals surface area contributed by atoms with Crippen molar-refractivity contribution >= 4 is 33.4 Å². The molecular weight excluding hydrogens is 390 g/mol. The van der Waals surface area contributed by atoms with Gasteiger partial charge in [0.25, 0.3) is 0 Å². The van der Waals surface area contributed by atoms with Crippen LogP contribution in [0.25, 0.3) is 0 Å². The number of allylic oxidation sites excluding steroid dienone is 1. The highest BCUT2D eigenvalue weighted by Crippen LogP contribution is 2.57. The van der Waals surface area contributed by atoms with E-state index in [1.165, 1.54) is 6.08 Å². The fraction of sp³-hybridized carbons (Fsp3) is 0.500. The average molecular weight is 408 g/mol. The maximum Gasteiger partial charge on any atom is 0.481 e. The second-order valence-electron chi connectivity index (χ2n) is 4.40. The highest BCUT2D eigenvalue weighted by molar-refractivity contribution is 7.60. The number of hydrogen-bond donors (Lipinski definition) is 6. The summed E-state index contributed by atoms with van der Waals surface area (Å²) >= 11 is 0. The molecule has 0 fully saturated rings. The van der Waals surface area contributed by atoms with E-state index in [-0.39, 0.29) is 6.61 Å². The minimum Gasteiger partial charge on any atom is -0.479 e. The third kappa shape index (κ3) is 17.2. The van der Waals surface area contributed by atoms with E-state index in [1.54, 1.807) is 13.8 Å². The van der Waals surface area contributed by atoms with Crippen molar-refractivity contribution in [1.82, 2.24) is 0 Å². The summed E-state index contributed by atoms with van der Waals surface area (Å²) in [5.41, 5.74) is 0.834. The van der Waals surface area contributed by atoms with Gasteiger partial charge in [0.1, 0.15) is 0 Å². The van der Waals surface area contributed by atoms with Gasteiger partial charge in [0.05, 0.1) is 13.0 Å². The van der Waals surface area contributed by atoms with Crippen LogP contribution in [0, 0.1) is 0 Å². The molecule has 15 heteroatoms. The summed E-state index contributed by atoms with van der Waals surface area (Å²) in [5.74, 6) is -4.68. The van der Waals surface area contributed by atoms with Crippen LogP contribution in [0.2, 0.25) is 0 Å². The summed E-state index contributed by atoms with van der Waals surface area (Å²) in [4.78, 5) is 55.1. The van der Waals surface area contributed by atoms with Gasteiger partial charge >= 0.3 is 27.6 Å². The van der Waals surface area contributed by atoms with Gasteiger partial charge in [-0.3, -0.25) is 9.32 Å². The number of aliphatic hydroxyl groups excluding tert-OH is 1. The Labute approximate surface area is 141 Å². The lowest BCUT2D eigenvalue weighted by molar-refractivity contribution is -0.154. The Bertz CT molecular complexity index is 600. The SMILES string of the molecule is CC(C)=CCOP(=O)(O)OP(=O)(O)O.O=C(O)C(=O)CC(O)C(=O)O. The number of carbonyl (C=O) groups excluding carboxylic acids is 1. The van der Waals surface area contributed by atoms with Crippen molar-refractivity contribution in [2.24, 2.45) is 0 Å². The second-order valence-corrected chi connectivity index (χ2v) is 7.23. The van der Waals surface area contributed by atoms with Crippen molar-refractivity contribution in [3.05, 3.63) is 11.6 Å². The van der Waals surface area contributed by atoms with Crippen LogP contribution in [0.5, 0.6) is 0 Å². The number of hydrogen-bond acceptors (Lipinski definition) is 8. The first-order valence-electron chi connectivity index (χ1n) is 6.12. The maximum absolute atomic E-state index is 10.8. The minimum atomic E-state index is -5.01. The van der Waals surface area contributed by atoms with Gasteiger partial charge in [-0.05, 0) is 13.8 Å². The summed E-state index contributed by atoms with van der Waals surface area (Å²) in [6, 6.07) is 0. The Hall–Kier alpha value is -1.43. The van der Waals surface area contributed by atoms with Gasteiger partial charge in [-0.1, -0.05) is 11.6 Å². The Morgan fingerprint density at radius 3 is 1.88 bits per heavy atom. The van der Waals surface area contributed by atoms with Gasteiger partial charge in [-0.15, -0.1) is 0 Å². The van der Waals surface area contributed by atoms with Gasteiger partial charge in [0, 0.05) is 0 Å². The monoisotopic (exact) mass is 408 g/mol. The van der Waals surface area contributed by atoms with E-state index in [2.05, 4.69) is 8.83 Å². The number of carbonyl (C=O) groups is 3. The van der Waals surface area contributed by atoms with Crippen LogP contribution in [0.4, 0.5) is 0 Å². The maximum atomic E-state index is 10.8. The third-order valence-corrected chi connectivity index (χ3v) is 3.99. The molecule has 146 valence electrons. The first kappa shape index (κ1) is 25.8. The molecule has 0 saturated carbocycles. The molecule has 0 heterocycles. The lowest BCUT2D eigenvalue weighted by atomic mass is 10.2. The topological polar surface area (TPSA) is 225 Å². The number of phosphoric acid groups is 2. The zero-order valence-electron chi connectivity index (χ0n) is 13.0. The lowest BCUT2D eigenvalue weighted by Crippen LogP contribution is -2.26. The van der Waals surface area contributed by atoms with Crippen LogP contribution in [0.3, 0.4) is 0 Å². The number of aliphatic hydroxyl groups is 1. The third-order valence-electron chi connectivity index (χ3n) is 1.84. The summed E-state index contributed by atoms with van der Waals surface area (Å²) in [7, 11) is -9.69. The molecule has 0 aliphatic heterocycles. The zero-order chi connectivity index (χ0) is 20.4. The van der Waals surface area contributed by atoms with Gasteiger partial charge in [-0.2, -0.15) is 4.31 Å². The quantitative estimate of drug-likeness (QED) is 0.163. The first-order valence-corrected chi connectivity index (χ1v) is 9.14. The molecule has 0 aromatic carbocycles. The molecule has 0 amide bonds.